The summed E-state index contributed by atoms with van der Waals surface area (Å²) in [4.78, 5) is 11.7. The zero-order valence-electron chi connectivity index (χ0n) is 14.5. The fourth-order valence-electron chi connectivity index (χ4n) is 2.38. The molecule has 0 saturated carbocycles. The molecule has 0 aromatic heterocycles. The van der Waals surface area contributed by atoms with Gasteiger partial charge in [-0.3, -0.25) is 4.79 Å². The first kappa shape index (κ1) is 18.7. The first-order valence-corrected chi connectivity index (χ1v) is 7.77. The highest BCUT2D eigenvalue weighted by Crippen LogP contribution is 2.37. The first-order valence-electron chi connectivity index (χ1n) is 7.39. The van der Waals surface area contributed by atoms with Gasteiger partial charge in [-0.05, 0) is 41.5 Å². The number of halogens is 1. The van der Waals surface area contributed by atoms with Crippen LogP contribution in [0.25, 0.3) is 10.6 Å². The number of hydrogen-bond acceptors (Lipinski definition) is 5. The van der Waals surface area contributed by atoms with Crippen molar-refractivity contribution in [3.05, 3.63) is 47.5 Å². The number of rotatable bonds is 7. The molecule has 0 atom stereocenters. The average Bonchev–Trinajstić information content (AvgIpc) is 2.67. The molecule has 0 unspecified atom stereocenters. The summed E-state index contributed by atoms with van der Waals surface area (Å²) >= 11 is 6.48. The second-order valence-corrected chi connectivity index (χ2v) is 5.36. The molecule has 0 aliphatic carbocycles. The molecule has 0 N–H and O–H groups in total. The molecule has 0 aliphatic rings. The lowest BCUT2D eigenvalue weighted by atomic mass is 10.0. The lowest BCUT2D eigenvalue weighted by Gasteiger charge is -2.12. The van der Waals surface area contributed by atoms with E-state index in [4.69, 9.17) is 30.5 Å². The van der Waals surface area contributed by atoms with Crippen molar-refractivity contribution in [1.29, 1.82) is 0 Å². The predicted molar refractivity (Wildman–Crippen MR) is 97.8 cm³/mol. The Morgan fingerprint density at radius 2 is 1.20 bits per heavy atom. The first-order chi connectivity index (χ1) is 12.1. The lowest BCUT2D eigenvalue weighted by molar-refractivity contribution is -0.103. The minimum atomic E-state index is 0.295. The number of aldehydes is 1. The molecule has 0 amide bonds. The van der Waals surface area contributed by atoms with Crippen molar-refractivity contribution in [2.24, 2.45) is 0 Å². The Kier molecular flexibility index (Phi) is 6.31. The minimum absolute atomic E-state index is 0.295. The van der Waals surface area contributed by atoms with Gasteiger partial charge in [0.25, 0.3) is 0 Å². The van der Waals surface area contributed by atoms with Crippen molar-refractivity contribution in [1.82, 2.24) is 0 Å². The highest BCUT2D eigenvalue weighted by Gasteiger charge is 2.14. The number of hydrogen-bond donors (Lipinski definition) is 0. The van der Waals surface area contributed by atoms with Crippen LogP contribution in [0.3, 0.4) is 0 Å². The van der Waals surface area contributed by atoms with Gasteiger partial charge in [-0.25, -0.2) is 0 Å². The van der Waals surface area contributed by atoms with E-state index in [1.807, 2.05) is 0 Å². The molecule has 5 nitrogen and oxygen atoms in total. The average molecular weight is 363 g/mol. The van der Waals surface area contributed by atoms with Gasteiger partial charge >= 0.3 is 0 Å². The summed E-state index contributed by atoms with van der Waals surface area (Å²) in [5.41, 5.74) is 1.58. The summed E-state index contributed by atoms with van der Waals surface area (Å²) in [6, 6.07) is 10.4. The van der Waals surface area contributed by atoms with E-state index in [2.05, 4.69) is 0 Å². The van der Waals surface area contributed by atoms with Crippen LogP contribution in [0.4, 0.5) is 0 Å². The number of methoxy groups -OCH3 is 4. The van der Waals surface area contributed by atoms with Crippen molar-refractivity contribution in [3.8, 4) is 23.0 Å². The third-order valence-electron chi connectivity index (χ3n) is 3.69. The summed E-state index contributed by atoms with van der Waals surface area (Å²) in [5, 5.41) is 0.295. The van der Waals surface area contributed by atoms with E-state index in [9.17, 15) is 4.79 Å². The Morgan fingerprint density at radius 3 is 1.64 bits per heavy atom. The van der Waals surface area contributed by atoms with Crippen LogP contribution >= 0.6 is 11.6 Å². The maximum Gasteiger partial charge on any atom is 0.161 e. The summed E-state index contributed by atoms with van der Waals surface area (Å²) < 4.78 is 21.0. The van der Waals surface area contributed by atoms with Gasteiger partial charge in [-0.1, -0.05) is 17.7 Å². The normalized spacial score (nSPS) is 11.4. The second-order valence-electron chi connectivity index (χ2n) is 4.99. The Labute approximate surface area is 151 Å². The molecule has 0 aliphatic heterocycles. The molecular weight excluding hydrogens is 344 g/mol. The quantitative estimate of drug-likeness (QED) is 0.423. The van der Waals surface area contributed by atoms with Gasteiger partial charge in [0, 0.05) is 5.57 Å². The molecule has 0 radical (unpaired) electrons. The van der Waals surface area contributed by atoms with Crippen molar-refractivity contribution in [2.75, 3.05) is 28.4 Å². The van der Waals surface area contributed by atoms with Crippen LogP contribution in [0.2, 0.25) is 0 Å². The topological polar surface area (TPSA) is 54.0 Å². The van der Waals surface area contributed by atoms with E-state index >= 15 is 0 Å². The largest absolute Gasteiger partial charge is 0.493 e. The minimum Gasteiger partial charge on any atom is -0.493 e. The van der Waals surface area contributed by atoms with Gasteiger partial charge in [-0.15, -0.1) is 0 Å². The van der Waals surface area contributed by atoms with Gasteiger partial charge in [0.05, 0.1) is 33.5 Å². The van der Waals surface area contributed by atoms with Gasteiger partial charge in [0.1, 0.15) is 0 Å². The summed E-state index contributed by atoms with van der Waals surface area (Å²) in [7, 11) is 6.16. The van der Waals surface area contributed by atoms with Crippen LogP contribution in [0, 0.1) is 0 Å². The number of carbonyl (C=O) groups is 1. The van der Waals surface area contributed by atoms with Crippen molar-refractivity contribution in [3.63, 3.8) is 0 Å². The molecular formula is C19H19ClO5. The zero-order valence-corrected chi connectivity index (χ0v) is 15.2. The van der Waals surface area contributed by atoms with Crippen molar-refractivity contribution >= 4 is 28.5 Å². The Hall–Kier alpha value is -2.66. The molecule has 0 bridgehead atoms. The second kappa shape index (κ2) is 8.44. The smallest absolute Gasteiger partial charge is 0.161 e. The number of ether oxygens (including phenoxy) is 4. The van der Waals surface area contributed by atoms with E-state index in [-0.39, 0.29) is 0 Å². The number of benzene rings is 2. The van der Waals surface area contributed by atoms with E-state index in [0.29, 0.717) is 51.0 Å². The third-order valence-corrected chi connectivity index (χ3v) is 4.11. The maximum atomic E-state index is 11.7. The van der Waals surface area contributed by atoms with Crippen LogP contribution in [0.15, 0.2) is 36.4 Å². The fourth-order valence-corrected chi connectivity index (χ4v) is 2.65. The van der Waals surface area contributed by atoms with Crippen molar-refractivity contribution in [2.45, 2.75) is 0 Å². The Morgan fingerprint density at radius 1 is 0.760 bits per heavy atom. The van der Waals surface area contributed by atoms with E-state index in [1.165, 1.54) is 14.2 Å². The van der Waals surface area contributed by atoms with Gasteiger partial charge < -0.3 is 18.9 Å². The van der Waals surface area contributed by atoms with Gasteiger partial charge in [0.15, 0.2) is 29.3 Å². The molecule has 0 saturated heterocycles. The SMILES string of the molecule is COc1ccc(/C(Cl)=C(/C=O)c2ccc(OC)c(OC)c2)cc1OC. The third kappa shape index (κ3) is 3.88. The molecule has 25 heavy (non-hydrogen) atoms. The van der Waals surface area contributed by atoms with E-state index < -0.39 is 0 Å². The monoisotopic (exact) mass is 362 g/mol. The summed E-state index contributed by atoms with van der Waals surface area (Å²) in [6.45, 7) is 0. The molecule has 2 rings (SSSR count). The Balaban J connectivity index is 2.56. The predicted octanol–water partition coefficient (Wildman–Crippen LogP) is 4.03. The molecule has 2 aromatic carbocycles. The van der Waals surface area contributed by atoms with E-state index in [0.717, 1.165) is 0 Å². The highest BCUT2D eigenvalue weighted by atomic mass is 35.5. The van der Waals surface area contributed by atoms with Crippen LogP contribution in [-0.2, 0) is 4.79 Å². The van der Waals surface area contributed by atoms with Crippen LogP contribution < -0.4 is 18.9 Å². The number of allylic oxidation sites excluding steroid dienone is 1. The fraction of sp³-hybridized carbons (Fsp3) is 0.211. The van der Waals surface area contributed by atoms with E-state index in [1.54, 1.807) is 50.6 Å². The maximum absolute atomic E-state index is 11.7. The molecule has 6 heteroatoms. The molecule has 132 valence electrons. The molecule has 0 fully saturated rings. The molecule has 2 aromatic rings. The summed E-state index contributed by atoms with van der Waals surface area (Å²) in [6.07, 6.45) is 0.709. The summed E-state index contributed by atoms with van der Waals surface area (Å²) in [5.74, 6) is 2.18. The Bertz CT molecular complexity index is 798. The zero-order chi connectivity index (χ0) is 18.4. The lowest BCUT2D eigenvalue weighted by Crippen LogP contribution is -1.95. The van der Waals surface area contributed by atoms with Crippen LogP contribution in [0.5, 0.6) is 23.0 Å². The highest BCUT2D eigenvalue weighted by molar-refractivity contribution is 6.55. The standard InChI is InChI=1S/C19H19ClO5/c1-22-15-7-5-12(9-17(15)24-3)14(11-21)19(20)13-6-8-16(23-2)18(10-13)25-4/h5-11H,1-4H3/b19-14+. The number of carbonyl (C=O) groups excluding carboxylic acids is 1. The molecule has 0 spiro atoms. The van der Waals surface area contributed by atoms with Crippen molar-refractivity contribution < 1.29 is 23.7 Å². The van der Waals surface area contributed by atoms with Crippen LogP contribution in [-0.4, -0.2) is 34.7 Å². The molecule has 0 heterocycles. The van der Waals surface area contributed by atoms with Gasteiger partial charge in [0.2, 0.25) is 0 Å². The van der Waals surface area contributed by atoms with Crippen LogP contribution in [0.1, 0.15) is 11.1 Å². The van der Waals surface area contributed by atoms with Gasteiger partial charge in [-0.2, -0.15) is 0 Å².